The Labute approximate surface area is 101 Å². The Morgan fingerprint density at radius 2 is 2.12 bits per heavy atom. The van der Waals surface area contributed by atoms with E-state index >= 15 is 0 Å². The molecule has 0 spiro atoms. The molecular weight excluding hydrogens is 214 g/mol. The highest BCUT2D eigenvalue weighted by molar-refractivity contribution is 5.85. The first-order chi connectivity index (χ1) is 8.24. The van der Waals surface area contributed by atoms with Crippen LogP contribution in [0.1, 0.15) is 31.0 Å². The van der Waals surface area contributed by atoms with Gasteiger partial charge in [0.2, 0.25) is 0 Å². The Morgan fingerprint density at radius 1 is 1.35 bits per heavy atom. The average molecular weight is 231 g/mol. The number of rotatable bonds is 5. The van der Waals surface area contributed by atoms with Crippen LogP contribution in [0, 0.1) is 0 Å². The number of para-hydroxylation sites is 1. The summed E-state index contributed by atoms with van der Waals surface area (Å²) < 4.78 is 4.77. The molecule has 0 saturated heterocycles. The lowest BCUT2D eigenvalue weighted by atomic mass is 9.98. The summed E-state index contributed by atoms with van der Waals surface area (Å²) in [6.07, 6.45) is 0.737. The largest absolute Gasteiger partial charge is 0.467 e. The minimum Gasteiger partial charge on any atom is -0.467 e. The third-order valence-corrected chi connectivity index (χ3v) is 2.94. The van der Waals surface area contributed by atoms with Crippen molar-refractivity contribution in [3.63, 3.8) is 0 Å². The van der Waals surface area contributed by atoms with E-state index < -0.39 is 0 Å². The van der Waals surface area contributed by atoms with Gasteiger partial charge in [0.15, 0.2) is 0 Å². The van der Waals surface area contributed by atoms with Crippen LogP contribution < -0.4 is 0 Å². The van der Waals surface area contributed by atoms with Gasteiger partial charge < -0.3 is 9.72 Å². The Kier molecular flexibility index (Phi) is 3.47. The van der Waals surface area contributed by atoms with E-state index in [2.05, 4.69) is 31.0 Å². The predicted octanol–water partition coefficient (Wildman–Crippen LogP) is 3.01. The fourth-order valence-corrected chi connectivity index (χ4v) is 2.29. The Morgan fingerprint density at radius 3 is 2.82 bits per heavy atom. The van der Waals surface area contributed by atoms with Crippen LogP contribution in [-0.2, 0) is 16.0 Å². The van der Waals surface area contributed by atoms with Gasteiger partial charge in [-0.3, -0.25) is 4.79 Å². The number of aromatic amines is 1. The predicted molar refractivity (Wildman–Crippen MR) is 68.1 cm³/mol. The first-order valence-corrected chi connectivity index (χ1v) is 5.88. The molecule has 90 valence electrons. The molecule has 2 aromatic rings. The number of nitrogens with one attached hydrogen (secondary N) is 1. The van der Waals surface area contributed by atoms with Crippen LogP contribution in [0.15, 0.2) is 24.3 Å². The Bertz CT molecular complexity index is 514. The van der Waals surface area contributed by atoms with Gasteiger partial charge in [-0.15, -0.1) is 0 Å². The van der Waals surface area contributed by atoms with Crippen LogP contribution in [0.5, 0.6) is 0 Å². The molecule has 0 unspecified atom stereocenters. The topological polar surface area (TPSA) is 42.1 Å². The highest BCUT2D eigenvalue weighted by atomic mass is 16.5. The van der Waals surface area contributed by atoms with Crippen molar-refractivity contribution in [3.8, 4) is 0 Å². The molecular formula is C14H17NO2. The first-order valence-electron chi connectivity index (χ1n) is 5.88. The summed E-state index contributed by atoms with van der Waals surface area (Å²) in [5.41, 5.74) is 3.65. The van der Waals surface area contributed by atoms with E-state index in [9.17, 15) is 4.79 Å². The van der Waals surface area contributed by atoms with Crippen molar-refractivity contribution in [2.75, 3.05) is 6.61 Å². The van der Waals surface area contributed by atoms with Crippen LogP contribution in [-0.4, -0.2) is 18.1 Å². The summed E-state index contributed by atoms with van der Waals surface area (Å²) in [6.45, 7) is 5.28. The van der Waals surface area contributed by atoms with E-state index in [4.69, 9.17) is 4.74 Å². The van der Waals surface area contributed by atoms with Gasteiger partial charge in [0.05, 0.1) is 6.61 Å². The first kappa shape index (κ1) is 11.7. The molecule has 0 radical (unpaired) electrons. The molecule has 1 heterocycles. The molecule has 0 aliphatic heterocycles. The zero-order valence-corrected chi connectivity index (χ0v) is 10.2. The van der Waals surface area contributed by atoms with Crippen molar-refractivity contribution in [2.45, 2.75) is 26.2 Å². The van der Waals surface area contributed by atoms with Gasteiger partial charge in [-0.1, -0.05) is 32.0 Å². The lowest BCUT2D eigenvalue weighted by molar-refractivity contribution is -0.128. The van der Waals surface area contributed by atoms with E-state index in [0.29, 0.717) is 19.0 Å². The van der Waals surface area contributed by atoms with Gasteiger partial charge in [0, 0.05) is 23.0 Å². The maximum Gasteiger partial charge on any atom is 0.293 e. The lowest BCUT2D eigenvalue weighted by Gasteiger charge is -2.07. The number of benzene rings is 1. The van der Waals surface area contributed by atoms with E-state index in [1.54, 1.807) is 0 Å². The summed E-state index contributed by atoms with van der Waals surface area (Å²) in [6, 6.07) is 8.28. The molecule has 0 atom stereocenters. The minimum atomic E-state index is 0.427. The number of carbonyl (C=O) groups excluding carboxylic acids is 1. The van der Waals surface area contributed by atoms with Crippen LogP contribution in [0.25, 0.3) is 10.9 Å². The SMILES string of the molecule is CC(C)c1c(CCOC=O)[nH]c2ccccc12. The van der Waals surface area contributed by atoms with Crippen molar-refractivity contribution in [1.82, 2.24) is 4.98 Å². The maximum absolute atomic E-state index is 10.2. The molecule has 0 fully saturated rings. The molecule has 0 bridgehead atoms. The molecule has 0 aliphatic carbocycles. The molecule has 1 aromatic carbocycles. The minimum absolute atomic E-state index is 0.427. The number of ether oxygens (including phenoxy) is 1. The average Bonchev–Trinajstić information content (AvgIpc) is 2.67. The number of aromatic nitrogens is 1. The molecule has 3 nitrogen and oxygen atoms in total. The summed E-state index contributed by atoms with van der Waals surface area (Å²) in [5, 5.41) is 1.27. The highest BCUT2D eigenvalue weighted by Gasteiger charge is 2.13. The Hall–Kier alpha value is -1.77. The normalized spacial score (nSPS) is 11.0. The van der Waals surface area contributed by atoms with Crippen LogP contribution in [0.3, 0.4) is 0 Å². The molecule has 0 saturated carbocycles. The van der Waals surface area contributed by atoms with Crippen molar-refractivity contribution < 1.29 is 9.53 Å². The van der Waals surface area contributed by atoms with Gasteiger partial charge >= 0.3 is 0 Å². The lowest BCUT2D eigenvalue weighted by Crippen LogP contribution is -2.01. The fraction of sp³-hybridized carbons (Fsp3) is 0.357. The fourth-order valence-electron chi connectivity index (χ4n) is 2.29. The summed E-state index contributed by atoms with van der Waals surface area (Å²) in [7, 11) is 0. The van der Waals surface area contributed by atoms with Crippen molar-refractivity contribution in [1.29, 1.82) is 0 Å². The second-order valence-electron chi connectivity index (χ2n) is 4.43. The van der Waals surface area contributed by atoms with E-state index in [0.717, 1.165) is 11.9 Å². The van der Waals surface area contributed by atoms with Crippen molar-refractivity contribution in [2.24, 2.45) is 0 Å². The molecule has 1 aromatic heterocycles. The van der Waals surface area contributed by atoms with Gasteiger partial charge in [-0.05, 0) is 17.5 Å². The Balaban J connectivity index is 2.39. The highest BCUT2D eigenvalue weighted by Crippen LogP contribution is 2.29. The number of hydrogen-bond donors (Lipinski definition) is 1. The van der Waals surface area contributed by atoms with E-state index in [1.807, 2.05) is 12.1 Å². The monoisotopic (exact) mass is 231 g/mol. The molecule has 0 amide bonds. The van der Waals surface area contributed by atoms with Gasteiger partial charge in [0.1, 0.15) is 0 Å². The molecule has 3 heteroatoms. The zero-order valence-electron chi connectivity index (χ0n) is 10.2. The smallest absolute Gasteiger partial charge is 0.293 e. The standard InChI is InChI=1S/C14H17NO2/c1-10(2)14-11-5-3-4-6-12(11)15-13(14)7-8-17-9-16/h3-6,9-10,15H,7-8H2,1-2H3. The number of hydrogen-bond acceptors (Lipinski definition) is 2. The van der Waals surface area contributed by atoms with Gasteiger partial charge in [-0.25, -0.2) is 0 Å². The van der Waals surface area contributed by atoms with Crippen LogP contribution in [0.4, 0.5) is 0 Å². The molecule has 17 heavy (non-hydrogen) atoms. The number of fused-ring (bicyclic) bond motifs is 1. The van der Waals surface area contributed by atoms with E-state index in [-0.39, 0.29) is 0 Å². The van der Waals surface area contributed by atoms with Crippen molar-refractivity contribution >= 4 is 17.4 Å². The maximum atomic E-state index is 10.2. The van der Waals surface area contributed by atoms with Gasteiger partial charge in [-0.2, -0.15) is 0 Å². The summed E-state index contributed by atoms with van der Waals surface area (Å²) in [4.78, 5) is 13.6. The van der Waals surface area contributed by atoms with Crippen molar-refractivity contribution in [3.05, 3.63) is 35.5 Å². The number of carbonyl (C=O) groups is 1. The second-order valence-corrected chi connectivity index (χ2v) is 4.43. The third kappa shape index (κ3) is 2.33. The summed E-state index contributed by atoms with van der Waals surface area (Å²) in [5.74, 6) is 0.456. The third-order valence-electron chi connectivity index (χ3n) is 2.94. The zero-order chi connectivity index (χ0) is 12.3. The molecule has 1 N–H and O–H groups in total. The quantitative estimate of drug-likeness (QED) is 0.635. The number of H-pyrrole nitrogens is 1. The van der Waals surface area contributed by atoms with Crippen LogP contribution >= 0.6 is 0 Å². The molecule has 2 rings (SSSR count). The second kappa shape index (κ2) is 5.04. The summed E-state index contributed by atoms with van der Waals surface area (Å²) >= 11 is 0. The molecule has 0 aliphatic rings. The van der Waals surface area contributed by atoms with Gasteiger partial charge in [0.25, 0.3) is 6.47 Å². The van der Waals surface area contributed by atoms with Crippen LogP contribution in [0.2, 0.25) is 0 Å². The van der Waals surface area contributed by atoms with E-state index in [1.165, 1.54) is 16.6 Å².